The Hall–Kier alpha value is -4.19. The van der Waals surface area contributed by atoms with Gasteiger partial charge in [0.25, 0.3) is 11.5 Å². The Balaban J connectivity index is 1.34. The molecule has 1 N–H and O–H groups in total. The molecular weight excluding hydrogens is 645 g/mol. The largest absolute Gasteiger partial charge is 0.493 e. The van der Waals surface area contributed by atoms with E-state index in [-0.39, 0.29) is 46.7 Å². The van der Waals surface area contributed by atoms with E-state index < -0.39 is 0 Å². The van der Waals surface area contributed by atoms with Gasteiger partial charge in [-0.25, -0.2) is 0 Å². The van der Waals surface area contributed by atoms with E-state index in [1.165, 1.54) is 11.7 Å². The van der Waals surface area contributed by atoms with Gasteiger partial charge in [-0.1, -0.05) is 48.5 Å². The molecule has 1 fully saturated rings. The van der Waals surface area contributed by atoms with Crippen LogP contribution in [0.15, 0.2) is 77.7 Å². The lowest BCUT2D eigenvalue weighted by Crippen LogP contribution is -2.45. The summed E-state index contributed by atoms with van der Waals surface area (Å²) >= 11 is 2.21. The zero-order valence-electron chi connectivity index (χ0n) is 23.3. The molecule has 1 aliphatic heterocycles. The van der Waals surface area contributed by atoms with E-state index in [0.29, 0.717) is 16.6 Å². The number of methoxy groups -OCH3 is 1. The molecule has 4 heterocycles. The average molecular weight is 676 g/mol. The van der Waals surface area contributed by atoms with Crippen LogP contribution in [0.1, 0.15) is 33.7 Å². The first-order chi connectivity index (χ1) is 20.4. The Morgan fingerprint density at radius 3 is 2.48 bits per heavy atom. The van der Waals surface area contributed by atoms with Crippen LogP contribution in [-0.2, 0) is 13.6 Å². The molecule has 1 aliphatic rings. The lowest BCUT2D eigenvalue weighted by atomic mass is 10.0. The molecule has 6 rings (SSSR count). The highest BCUT2D eigenvalue weighted by atomic mass is 127. The summed E-state index contributed by atoms with van der Waals surface area (Å²) in [6.45, 7) is 1.48. The van der Waals surface area contributed by atoms with Crippen molar-refractivity contribution in [3.05, 3.63) is 98.2 Å². The molecule has 5 aromatic rings. The maximum atomic E-state index is 14.0. The summed E-state index contributed by atoms with van der Waals surface area (Å²) in [5.41, 5.74) is 2.78. The first-order valence-corrected chi connectivity index (χ1v) is 14.9. The van der Waals surface area contributed by atoms with E-state index in [2.05, 4.69) is 43.9 Å². The first-order valence-electron chi connectivity index (χ1n) is 13.8. The summed E-state index contributed by atoms with van der Waals surface area (Å²) in [7, 11) is 3.24. The number of para-hydroxylation sites is 1. The Kier molecular flexibility index (Phi) is 7.72. The van der Waals surface area contributed by atoms with Gasteiger partial charge in [-0.2, -0.15) is 0 Å². The molecule has 0 spiro atoms. The number of ether oxygens (including phenoxy) is 1. The number of hydrogen-bond donors (Lipinski definition) is 1. The van der Waals surface area contributed by atoms with Gasteiger partial charge in [-0.05, 0) is 53.6 Å². The molecule has 0 radical (unpaired) electrons. The smallest absolute Gasteiger partial charge is 0.272 e. The van der Waals surface area contributed by atoms with Crippen molar-refractivity contribution in [3.63, 3.8) is 0 Å². The molecule has 9 nitrogen and oxygen atoms in total. The molecule has 42 heavy (non-hydrogen) atoms. The lowest BCUT2D eigenvalue weighted by Gasteiger charge is -2.34. The van der Waals surface area contributed by atoms with Crippen molar-refractivity contribution in [3.8, 4) is 5.75 Å². The van der Waals surface area contributed by atoms with Crippen LogP contribution < -0.4 is 20.5 Å². The minimum Gasteiger partial charge on any atom is -0.493 e. The Labute approximate surface area is 256 Å². The number of rotatable bonds is 7. The fraction of sp³-hybridized carbons (Fsp3) is 0.250. The van der Waals surface area contributed by atoms with Gasteiger partial charge in [0.05, 0.1) is 24.7 Å². The minimum atomic E-state index is -0.375. The van der Waals surface area contributed by atoms with Crippen LogP contribution in [-0.4, -0.2) is 52.0 Å². The number of Topliss-reactive ketones (excluding diaryl/α,β-unsaturated/α-hetero) is 1. The van der Waals surface area contributed by atoms with E-state index in [0.717, 1.165) is 40.7 Å². The molecule has 214 valence electrons. The van der Waals surface area contributed by atoms with E-state index >= 15 is 0 Å². The molecular formula is C32H30IN5O4. The number of nitrogens with one attached hydrogen (secondary N) is 1. The number of nitrogens with zero attached hydrogens (tertiary/aromatic N) is 4. The first kappa shape index (κ1) is 28.0. The second-order valence-electron chi connectivity index (χ2n) is 10.4. The van der Waals surface area contributed by atoms with Gasteiger partial charge < -0.3 is 19.5 Å². The minimum absolute atomic E-state index is 0.0192. The van der Waals surface area contributed by atoms with Crippen LogP contribution in [0, 0.1) is 3.70 Å². The molecule has 0 bridgehead atoms. The van der Waals surface area contributed by atoms with Crippen molar-refractivity contribution in [1.82, 2.24) is 19.4 Å². The van der Waals surface area contributed by atoms with Crippen molar-refractivity contribution < 1.29 is 14.3 Å². The van der Waals surface area contributed by atoms with Crippen LogP contribution in [0.5, 0.6) is 5.75 Å². The molecule has 0 saturated carbocycles. The molecule has 2 aromatic carbocycles. The van der Waals surface area contributed by atoms with E-state index in [1.54, 1.807) is 35.9 Å². The molecule has 10 heteroatoms. The second kappa shape index (κ2) is 11.6. The molecule has 1 amide bonds. The highest BCUT2D eigenvalue weighted by Crippen LogP contribution is 2.35. The van der Waals surface area contributed by atoms with Gasteiger partial charge in [-0.15, -0.1) is 0 Å². The zero-order chi connectivity index (χ0) is 29.4. The van der Waals surface area contributed by atoms with E-state index in [9.17, 15) is 14.4 Å². The summed E-state index contributed by atoms with van der Waals surface area (Å²) in [4.78, 5) is 47.6. The number of ketones is 1. The monoisotopic (exact) mass is 675 g/mol. The number of pyridine rings is 2. The van der Waals surface area contributed by atoms with Gasteiger partial charge in [0, 0.05) is 49.0 Å². The van der Waals surface area contributed by atoms with E-state index in [1.807, 2.05) is 42.6 Å². The Bertz CT molecular complexity index is 1870. The summed E-state index contributed by atoms with van der Waals surface area (Å²) in [5.74, 6) is -0.258. The predicted octanol–water partition coefficient (Wildman–Crippen LogP) is 4.78. The normalized spacial score (nSPS) is 13.9. The topological polar surface area (TPSA) is 98.5 Å². The summed E-state index contributed by atoms with van der Waals surface area (Å²) in [5, 5.41) is 4.23. The number of carbonyl (C=O) groups excluding carboxylic acids is 2. The SMILES string of the molecule is COc1c(C(=O)NC2CCN(c3ccnc(I)c3)CC2)n(C)c2c1c(=O)n(CC(=O)c1ccccc1)c1ccccc21. The summed E-state index contributed by atoms with van der Waals surface area (Å²) < 4.78 is 9.92. The molecule has 0 unspecified atom stereocenters. The quantitative estimate of drug-likeness (QED) is 0.152. The molecule has 0 aliphatic carbocycles. The second-order valence-corrected chi connectivity index (χ2v) is 11.5. The number of halogens is 1. The lowest BCUT2D eigenvalue weighted by molar-refractivity contribution is 0.0918. The number of aryl methyl sites for hydroxylation is 1. The van der Waals surface area contributed by atoms with Crippen LogP contribution in [0.2, 0.25) is 0 Å². The number of amides is 1. The van der Waals surface area contributed by atoms with Gasteiger partial charge in [0.15, 0.2) is 17.2 Å². The van der Waals surface area contributed by atoms with Crippen molar-refractivity contribution >= 4 is 61.8 Å². The van der Waals surface area contributed by atoms with Crippen molar-refractivity contribution in [2.24, 2.45) is 7.05 Å². The zero-order valence-corrected chi connectivity index (χ0v) is 25.5. The number of carbonyl (C=O) groups is 2. The predicted molar refractivity (Wildman–Crippen MR) is 172 cm³/mol. The number of hydrogen-bond acceptors (Lipinski definition) is 6. The van der Waals surface area contributed by atoms with Crippen LogP contribution in [0.3, 0.4) is 0 Å². The number of aromatic nitrogens is 3. The fourth-order valence-electron chi connectivity index (χ4n) is 5.92. The standard InChI is InChI=1S/C32H30IN5O4/c1-36-28-23-10-6-7-11-24(23)38(19-25(39)20-8-4-3-5-9-20)32(41)27(28)30(42-2)29(36)31(40)35-21-13-16-37(17-14-21)22-12-15-34-26(33)18-22/h3-12,15,18,21H,13-14,16-17,19H2,1-2H3,(H,35,40). The van der Waals surface area contributed by atoms with Crippen molar-refractivity contribution in [2.45, 2.75) is 25.4 Å². The molecule has 0 atom stereocenters. The molecule has 1 saturated heterocycles. The van der Waals surface area contributed by atoms with Gasteiger partial charge in [0.2, 0.25) is 0 Å². The van der Waals surface area contributed by atoms with Crippen LogP contribution >= 0.6 is 22.6 Å². The van der Waals surface area contributed by atoms with Gasteiger partial charge in [-0.3, -0.25) is 23.9 Å². The van der Waals surface area contributed by atoms with Gasteiger partial charge in [0.1, 0.15) is 9.09 Å². The highest BCUT2D eigenvalue weighted by Gasteiger charge is 2.30. The Morgan fingerprint density at radius 2 is 1.76 bits per heavy atom. The summed E-state index contributed by atoms with van der Waals surface area (Å²) in [6, 6.07) is 20.4. The number of piperidine rings is 1. The Morgan fingerprint density at radius 1 is 1.05 bits per heavy atom. The highest BCUT2D eigenvalue weighted by molar-refractivity contribution is 14.1. The van der Waals surface area contributed by atoms with Crippen molar-refractivity contribution in [1.29, 1.82) is 0 Å². The van der Waals surface area contributed by atoms with E-state index in [4.69, 9.17) is 4.74 Å². The van der Waals surface area contributed by atoms with Crippen LogP contribution in [0.4, 0.5) is 5.69 Å². The number of benzene rings is 2. The fourth-order valence-corrected chi connectivity index (χ4v) is 6.40. The van der Waals surface area contributed by atoms with Gasteiger partial charge >= 0.3 is 0 Å². The van der Waals surface area contributed by atoms with Crippen LogP contribution in [0.25, 0.3) is 21.8 Å². The third kappa shape index (κ3) is 5.04. The third-order valence-electron chi connectivity index (χ3n) is 7.98. The summed E-state index contributed by atoms with van der Waals surface area (Å²) in [6.07, 6.45) is 3.38. The van der Waals surface area contributed by atoms with Crippen molar-refractivity contribution in [2.75, 3.05) is 25.1 Å². The number of anilines is 1. The molecule has 3 aromatic heterocycles. The number of fused-ring (bicyclic) bond motifs is 3. The third-order valence-corrected chi connectivity index (χ3v) is 8.57. The maximum Gasteiger partial charge on any atom is 0.272 e. The maximum absolute atomic E-state index is 14.0. The average Bonchev–Trinajstić information content (AvgIpc) is 3.32.